The average molecular weight is 518 g/mol. The molecule has 2 aromatic heterocycles. The molecule has 0 unspecified atom stereocenters. The average Bonchev–Trinajstić information content (AvgIpc) is 3.28. The molecule has 8 nitrogen and oxygen atoms in total. The normalized spacial score (nSPS) is 16.7. The number of hydrogen-bond acceptors (Lipinski definition) is 6. The molecule has 1 amide bonds. The van der Waals surface area contributed by atoms with E-state index in [0.29, 0.717) is 17.9 Å². The number of aliphatic hydroxyl groups is 1. The number of nitrogens with one attached hydrogen (secondary N) is 1. The van der Waals surface area contributed by atoms with Crippen molar-refractivity contribution in [1.82, 2.24) is 14.9 Å². The molecule has 0 spiro atoms. The van der Waals surface area contributed by atoms with Crippen molar-refractivity contribution in [3.8, 4) is 11.4 Å². The van der Waals surface area contributed by atoms with Gasteiger partial charge in [0.2, 0.25) is 0 Å². The Morgan fingerprint density at radius 1 is 1.18 bits per heavy atom. The summed E-state index contributed by atoms with van der Waals surface area (Å²) < 4.78 is 7.28. The Morgan fingerprint density at radius 2 is 1.92 bits per heavy atom. The first-order valence-electron chi connectivity index (χ1n) is 13.6. The zero-order chi connectivity index (χ0) is 27.0. The summed E-state index contributed by atoms with van der Waals surface area (Å²) in [6, 6.07) is 11.2. The van der Waals surface area contributed by atoms with Crippen LogP contribution in [-0.4, -0.2) is 32.6 Å². The molecule has 200 valence electrons. The molecule has 0 saturated heterocycles. The summed E-state index contributed by atoms with van der Waals surface area (Å²) >= 11 is 0. The number of esters is 1. The third kappa shape index (κ3) is 4.62. The summed E-state index contributed by atoms with van der Waals surface area (Å²) in [4.78, 5) is 44.9. The number of carbonyl (C=O) groups is 2. The first-order valence-corrected chi connectivity index (χ1v) is 13.6. The molecule has 2 aliphatic rings. The number of aromatic nitrogens is 2. The van der Waals surface area contributed by atoms with E-state index in [4.69, 9.17) is 9.72 Å². The van der Waals surface area contributed by atoms with Gasteiger partial charge in [0.25, 0.3) is 11.5 Å². The minimum atomic E-state index is -1.98. The van der Waals surface area contributed by atoms with Crippen LogP contribution in [0.5, 0.6) is 0 Å². The highest BCUT2D eigenvalue weighted by atomic mass is 16.5. The third-order valence-corrected chi connectivity index (χ3v) is 7.82. The fourth-order valence-electron chi connectivity index (χ4n) is 5.68. The summed E-state index contributed by atoms with van der Waals surface area (Å²) in [6.07, 6.45) is 4.67. The topological polar surface area (TPSA) is 111 Å². The van der Waals surface area contributed by atoms with Gasteiger partial charge in [0.1, 0.15) is 6.61 Å². The highest BCUT2D eigenvalue weighted by Gasteiger charge is 2.41. The molecule has 1 saturated carbocycles. The maximum Gasteiger partial charge on any atom is 0.309 e. The quantitative estimate of drug-likeness (QED) is 0.356. The van der Waals surface area contributed by atoms with E-state index in [9.17, 15) is 19.5 Å². The number of amides is 1. The Balaban J connectivity index is 1.62. The summed E-state index contributed by atoms with van der Waals surface area (Å²) in [5.74, 6) is -1.10. The van der Waals surface area contributed by atoms with Crippen molar-refractivity contribution in [1.29, 1.82) is 0 Å². The lowest BCUT2D eigenvalue weighted by Crippen LogP contribution is -2.48. The number of hydrogen-bond donors (Lipinski definition) is 2. The molecule has 0 radical (unpaired) electrons. The highest BCUT2D eigenvalue weighted by molar-refractivity contribution is 5.88. The predicted octanol–water partition coefficient (Wildman–Crippen LogP) is 4.17. The SMILES string of the molecule is CC[C@@](O)(C(=O)NC(C)C)c1cc2n(c(=O)c1COC(=O)C1CCCCC1)Cc1cc3ccccc3nc1-2. The van der Waals surface area contributed by atoms with E-state index in [1.165, 1.54) is 0 Å². The van der Waals surface area contributed by atoms with Gasteiger partial charge in [-0.2, -0.15) is 0 Å². The second kappa shape index (κ2) is 10.3. The van der Waals surface area contributed by atoms with E-state index in [1.54, 1.807) is 17.6 Å². The number of carbonyl (C=O) groups excluding carboxylic acids is 2. The summed E-state index contributed by atoms with van der Waals surface area (Å²) in [6.45, 7) is 5.33. The Morgan fingerprint density at radius 3 is 2.63 bits per heavy atom. The molecule has 3 heterocycles. The van der Waals surface area contributed by atoms with Crippen LogP contribution in [-0.2, 0) is 33.1 Å². The molecule has 1 fully saturated rings. The van der Waals surface area contributed by atoms with Gasteiger partial charge in [-0.15, -0.1) is 0 Å². The van der Waals surface area contributed by atoms with Crippen molar-refractivity contribution < 1.29 is 19.4 Å². The summed E-state index contributed by atoms with van der Waals surface area (Å²) in [7, 11) is 0. The second-order valence-corrected chi connectivity index (χ2v) is 10.8. The van der Waals surface area contributed by atoms with Gasteiger partial charge < -0.3 is 19.7 Å². The minimum absolute atomic E-state index is 0.0377. The highest BCUT2D eigenvalue weighted by Crippen LogP contribution is 2.36. The minimum Gasteiger partial charge on any atom is -0.460 e. The fourth-order valence-corrected chi connectivity index (χ4v) is 5.68. The van der Waals surface area contributed by atoms with Crippen molar-refractivity contribution in [2.75, 3.05) is 0 Å². The maximum absolute atomic E-state index is 13.9. The number of para-hydroxylation sites is 1. The van der Waals surface area contributed by atoms with Crippen LogP contribution in [0.25, 0.3) is 22.3 Å². The molecule has 1 aliphatic heterocycles. The first kappa shape index (κ1) is 26.1. The van der Waals surface area contributed by atoms with Crippen molar-refractivity contribution in [3.05, 3.63) is 63.4 Å². The Kier molecular flexibility index (Phi) is 7.09. The molecule has 2 N–H and O–H groups in total. The molecule has 1 aliphatic carbocycles. The summed E-state index contributed by atoms with van der Waals surface area (Å²) in [5, 5.41) is 15.5. The number of fused-ring (bicyclic) bond motifs is 4. The van der Waals surface area contributed by atoms with Crippen LogP contribution < -0.4 is 10.9 Å². The van der Waals surface area contributed by atoms with Crippen molar-refractivity contribution >= 4 is 22.8 Å². The maximum atomic E-state index is 13.9. The van der Waals surface area contributed by atoms with Gasteiger partial charge in [0.05, 0.1) is 34.9 Å². The standard InChI is InChI=1S/C30H35N3O5/c1-4-30(37,29(36)31-18(2)3)23-15-25-26-21(14-20-12-8-9-13-24(20)32-26)16-33(25)27(34)22(23)17-38-28(35)19-10-6-5-7-11-19/h8-9,12-15,18-19,37H,4-7,10-11,16-17H2,1-3H3,(H,31,36)/t30-/m0/s1. The van der Waals surface area contributed by atoms with Crippen LogP contribution in [0.3, 0.4) is 0 Å². The lowest BCUT2D eigenvalue weighted by atomic mass is 9.86. The van der Waals surface area contributed by atoms with Gasteiger partial charge in [-0.3, -0.25) is 14.4 Å². The zero-order valence-corrected chi connectivity index (χ0v) is 22.3. The van der Waals surface area contributed by atoms with Crippen LogP contribution in [0.4, 0.5) is 0 Å². The van der Waals surface area contributed by atoms with E-state index >= 15 is 0 Å². The first-order chi connectivity index (χ1) is 18.2. The van der Waals surface area contributed by atoms with Crippen LogP contribution in [0.1, 0.15) is 76.0 Å². The molecule has 3 aromatic rings. The summed E-state index contributed by atoms with van der Waals surface area (Å²) in [5.41, 5.74) is 0.781. The zero-order valence-electron chi connectivity index (χ0n) is 22.3. The number of benzene rings is 1. The molecule has 0 bridgehead atoms. The number of rotatable bonds is 7. The van der Waals surface area contributed by atoms with E-state index in [-0.39, 0.29) is 47.6 Å². The molecule has 38 heavy (non-hydrogen) atoms. The number of pyridine rings is 2. The van der Waals surface area contributed by atoms with Crippen LogP contribution in [0.15, 0.2) is 41.2 Å². The van der Waals surface area contributed by atoms with E-state index in [2.05, 4.69) is 5.32 Å². The van der Waals surface area contributed by atoms with Crippen LogP contribution in [0, 0.1) is 5.92 Å². The smallest absolute Gasteiger partial charge is 0.309 e. The lowest BCUT2D eigenvalue weighted by Gasteiger charge is -2.30. The Hall–Kier alpha value is -3.52. The van der Waals surface area contributed by atoms with Crippen molar-refractivity contribution in [2.24, 2.45) is 5.92 Å². The predicted molar refractivity (Wildman–Crippen MR) is 144 cm³/mol. The molecular weight excluding hydrogens is 482 g/mol. The molecule has 8 heteroatoms. The van der Waals surface area contributed by atoms with Gasteiger partial charge in [0.15, 0.2) is 5.60 Å². The van der Waals surface area contributed by atoms with Crippen molar-refractivity contribution in [3.63, 3.8) is 0 Å². The van der Waals surface area contributed by atoms with Crippen LogP contribution in [0.2, 0.25) is 0 Å². The Labute approximate surface area is 222 Å². The Bertz CT molecular complexity index is 1450. The van der Waals surface area contributed by atoms with Gasteiger partial charge in [0, 0.05) is 22.6 Å². The van der Waals surface area contributed by atoms with E-state index in [1.807, 2.05) is 44.2 Å². The lowest BCUT2D eigenvalue weighted by molar-refractivity contribution is -0.151. The molecule has 5 rings (SSSR count). The van der Waals surface area contributed by atoms with Crippen LogP contribution >= 0.6 is 0 Å². The number of ether oxygens (including phenoxy) is 1. The van der Waals surface area contributed by atoms with E-state index < -0.39 is 11.5 Å². The van der Waals surface area contributed by atoms with Gasteiger partial charge in [-0.05, 0) is 51.3 Å². The molecule has 1 atom stereocenters. The van der Waals surface area contributed by atoms with Gasteiger partial charge in [-0.25, -0.2) is 4.98 Å². The van der Waals surface area contributed by atoms with Crippen molar-refractivity contribution in [2.45, 2.75) is 84.1 Å². The van der Waals surface area contributed by atoms with Gasteiger partial charge in [-0.1, -0.05) is 44.4 Å². The molecule has 1 aromatic carbocycles. The van der Waals surface area contributed by atoms with Gasteiger partial charge >= 0.3 is 5.97 Å². The van der Waals surface area contributed by atoms with E-state index in [0.717, 1.165) is 48.6 Å². The number of nitrogens with zero attached hydrogens (tertiary/aromatic N) is 2. The largest absolute Gasteiger partial charge is 0.460 e. The third-order valence-electron chi connectivity index (χ3n) is 7.82. The second-order valence-electron chi connectivity index (χ2n) is 10.8. The molecular formula is C30H35N3O5. The monoisotopic (exact) mass is 517 g/mol. The fraction of sp³-hybridized carbons (Fsp3) is 0.467.